The number of aliphatic hydroxyl groups excluding tert-OH is 1. The molecule has 0 aromatic heterocycles. The van der Waals surface area contributed by atoms with E-state index in [0.717, 1.165) is 42.7 Å². The lowest BCUT2D eigenvalue weighted by Gasteiger charge is -2.31. The van der Waals surface area contributed by atoms with E-state index in [1.807, 2.05) is 32.0 Å². The van der Waals surface area contributed by atoms with E-state index < -0.39 is 0 Å². The Hall–Kier alpha value is -1.75. The average Bonchev–Trinajstić information content (AvgIpc) is 2.56. The van der Waals surface area contributed by atoms with E-state index in [1.54, 1.807) is 4.90 Å². The maximum Gasteiger partial charge on any atom is 0.317 e. The Bertz CT molecular complexity index is 499. The van der Waals surface area contributed by atoms with E-state index >= 15 is 0 Å². The molecule has 1 aliphatic heterocycles. The van der Waals surface area contributed by atoms with Gasteiger partial charge in [0.2, 0.25) is 0 Å². The van der Waals surface area contributed by atoms with Gasteiger partial charge in [0, 0.05) is 26.2 Å². The van der Waals surface area contributed by atoms with Crippen molar-refractivity contribution in [3.63, 3.8) is 0 Å². The summed E-state index contributed by atoms with van der Waals surface area (Å²) in [6, 6.07) is 6.07. The topological polar surface area (TPSA) is 61.8 Å². The zero-order valence-electron chi connectivity index (χ0n) is 14.2. The second-order valence-corrected chi connectivity index (χ2v) is 6.29. The Morgan fingerprint density at radius 2 is 2.13 bits per heavy atom. The van der Waals surface area contributed by atoms with Crippen molar-refractivity contribution in [2.75, 3.05) is 32.8 Å². The number of para-hydroxylation sites is 1. The lowest BCUT2D eigenvalue weighted by Crippen LogP contribution is -2.46. The molecule has 1 unspecified atom stereocenters. The maximum absolute atomic E-state index is 12.1. The summed E-state index contributed by atoms with van der Waals surface area (Å²) in [6.07, 6.45) is 2.75. The Balaban J connectivity index is 1.66. The van der Waals surface area contributed by atoms with E-state index in [-0.39, 0.29) is 18.6 Å². The molecule has 128 valence electrons. The molecule has 1 heterocycles. The lowest BCUT2D eigenvalue weighted by atomic mass is 9.99. The number of piperidine rings is 1. The molecule has 0 saturated carbocycles. The fourth-order valence-corrected chi connectivity index (χ4v) is 2.98. The van der Waals surface area contributed by atoms with E-state index in [2.05, 4.69) is 5.32 Å². The number of aryl methyl sites for hydroxylation is 2. The molecule has 1 aromatic carbocycles. The first-order valence-electron chi connectivity index (χ1n) is 8.44. The number of nitrogens with one attached hydrogen (secondary N) is 1. The van der Waals surface area contributed by atoms with Crippen molar-refractivity contribution in [1.82, 2.24) is 10.2 Å². The number of urea groups is 1. The minimum absolute atomic E-state index is 0.0322. The SMILES string of the molecule is Cc1cccc(C)c1OCCCNC(=O)N1CCCC(CO)C1. The number of nitrogens with zero attached hydrogens (tertiary/aromatic N) is 1. The van der Waals surface area contributed by atoms with Crippen molar-refractivity contribution in [2.45, 2.75) is 33.1 Å². The van der Waals surface area contributed by atoms with Crippen LogP contribution < -0.4 is 10.1 Å². The minimum atomic E-state index is -0.0322. The molecule has 0 radical (unpaired) electrons. The molecule has 5 nitrogen and oxygen atoms in total. The van der Waals surface area contributed by atoms with Crippen molar-refractivity contribution < 1.29 is 14.6 Å². The number of hydrogen-bond acceptors (Lipinski definition) is 3. The molecule has 5 heteroatoms. The first-order valence-corrected chi connectivity index (χ1v) is 8.44. The van der Waals surface area contributed by atoms with Crippen molar-refractivity contribution >= 4 is 6.03 Å². The molecule has 1 atom stereocenters. The summed E-state index contributed by atoms with van der Waals surface area (Å²) in [5.41, 5.74) is 2.27. The fourth-order valence-electron chi connectivity index (χ4n) is 2.98. The highest BCUT2D eigenvalue weighted by Crippen LogP contribution is 2.22. The molecule has 2 rings (SSSR count). The molecule has 1 fully saturated rings. The summed E-state index contributed by atoms with van der Waals surface area (Å²) in [5, 5.41) is 12.2. The predicted octanol–water partition coefficient (Wildman–Crippen LogP) is 2.49. The van der Waals surface area contributed by atoms with Gasteiger partial charge in [-0.25, -0.2) is 4.79 Å². The van der Waals surface area contributed by atoms with Crippen LogP contribution in [0.15, 0.2) is 18.2 Å². The molecule has 1 aliphatic rings. The smallest absolute Gasteiger partial charge is 0.317 e. The summed E-state index contributed by atoms with van der Waals surface area (Å²) in [5.74, 6) is 1.17. The molecule has 0 spiro atoms. The maximum atomic E-state index is 12.1. The van der Waals surface area contributed by atoms with Crippen LogP contribution in [-0.4, -0.2) is 48.9 Å². The third-order valence-electron chi connectivity index (χ3n) is 4.32. The Morgan fingerprint density at radius 1 is 1.39 bits per heavy atom. The highest BCUT2D eigenvalue weighted by atomic mass is 16.5. The van der Waals surface area contributed by atoms with Gasteiger partial charge < -0.3 is 20.1 Å². The molecule has 23 heavy (non-hydrogen) atoms. The van der Waals surface area contributed by atoms with Gasteiger partial charge in [-0.05, 0) is 50.2 Å². The predicted molar refractivity (Wildman–Crippen MR) is 90.8 cm³/mol. The summed E-state index contributed by atoms with van der Waals surface area (Å²) in [4.78, 5) is 13.9. The van der Waals surface area contributed by atoms with Crippen molar-refractivity contribution in [3.05, 3.63) is 29.3 Å². The van der Waals surface area contributed by atoms with Crippen LogP contribution in [-0.2, 0) is 0 Å². The standard InChI is InChI=1S/C18H28N2O3/c1-14-6-3-7-15(2)17(14)23-11-5-9-19-18(22)20-10-4-8-16(12-20)13-21/h3,6-7,16,21H,4-5,8-13H2,1-2H3,(H,19,22). The molecular weight excluding hydrogens is 292 g/mol. The van der Waals surface area contributed by atoms with Crippen LogP contribution >= 0.6 is 0 Å². The van der Waals surface area contributed by atoms with Crippen molar-refractivity contribution in [1.29, 1.82) is 0 Å². The van der Waals surface area contributed by atoms with Gasteiger partial charge in [-0.2, -0.15) is 0 Å². The Kier molecular flexibility index (Phi) is 6.71. The van der Waals surface area contributed by atoms with E-state index in [4.69, 9.17) is 4.74 Å². The number of benzene rings is 1. The summed E-state index contributed by atoms with van der Waals surface area (Å²) in [6.45, 7) is 6.86. The molecule has 1 saturated heterocycles. The molecule has 2 N–H and O–H groups in total. The summed E-state index contributed by atoms with van der Waals surface area (Å²) >= 11 is 0. The minimum Gasteiger partial charge on any atom is -0.493 e. The van der Waals surface area contributed by atoms with Gasteiger partial charge >= 0.3 is 6.03 Å². The second-order valence-electron chi connectivity index (χ2n) is 6.29. The molecular formula is C18H28N2O3. The monoisotopic (exact) mass is 320 g/mol. The summed E-state index contributed by atoms with van der Waals surface area (Å²) < 4.78 is 5.83. The van der Waals surface area contributed by atoms with Crippen LogP contribution in [0.2, 0.25) is 0 Å². The van der Waals surface area contributed by atoms with Crippen LogP contribution in [0.4, 0.5) is 4.79 Å². The third-order valence-corrected chi connectivity index (χ3v) is 4.32. The lowest BCUT2D eigenvalue weighted by molar-refractivity contribution is 0.129. The van der Waals surface area contributed by atoms with Crippen LogP contribution in [0.25, 0.3) is 0 Å². The quantitative estimate of drug-likeness (QED) is 0.792. The van der Waals surface area contributed by atoms with E-state index in [0.29, 0.717) is 19.7 Å². The number of carbonyl (C=O) groups excluding carboxylic acids is 1. The largest absolute Gasteiger partial charge is 0.493 e. The van der Waals surface area contributed by atoms with Gasteiger partial charge in [-0.1, -0.05) is 18.2 Å². The molecule has 1 aromatic rings. The third kappa shape index (κ3) is 5.13. The zero-order valence-corrected chi connectivity index (χ0v) is 14.2. The molecule has 0 bridgehead atoms. The number of aliphatic hydroxyl groups is 1. The summed E-state index contributed by atoms with van der Waals surface area (Å²) in [7, 11) is 0. The zero-order chi connectivity index (χ0) is 16.7. The number of amides is 2. The van der Waals surface area contributed by atoms with Crippen LogP contribution in [0.3, 0.4) is 0 Å². The van der Waals surface area contributed by atoms with Crippen LogP contribution in [0, 0.1) is 19.8 Å². The van der Waals surface area contributed by atoms with Gasteiger partial charge in [0.15, 0.2) is 0 Å². The van der Waals surface area contributed by atoms with Gasteiger partial charge in [-0.15, -0.1) is 0 Å². The normalized spacial score (nSPS) is 17.9. The Morgan fingerprint density at radius 3 is 2.83 bits per heavy atom. The number of likely N-dealkylation sites (tertiary alicyclic amines) is 1. The second kappa shape index (κ2) is 8.77. The van der Waals surface area contributed by atoms with Crippen molar-refractivity contribution in [2.24, 2.45) is 5.92 Å². The molecule has 0 aliphatic carbocycles. The number of rotatable bonds is 6. The van der Waals surface area contributed by atoms with Crippen molar-refractivity contribution in [3.8, 4) is 5.75 Å². The van der Waals surface area contributed by atoms with Crippen LogP contribution in [0.5, 0.6) is 5.75 Å². The van der Waals surface area contributed by atoms with Gasteiger partial charge in [-0.3, -0.25) is 0 Å². The molecule has 2 amide bonds. The van der Waals surface area contributed by atoms with E-state index in [9.17, 15) is 9.90 Å². The first kappa shape index (κ1) is 17.6. The van der Waals surface area contributed by atoms with Gasteiger partial charge in [0.25, 0.3) is 0 Å². The fraction of sp³-hybridized carbons (Fsp3) is 0.611. The highest BCUT2D eigenvalue weighted by Gasteiger charge is 2.22. The van der Waals surface area contributed by atoms with E-state index in [1.165, 1.54) is 0 Å². The van der Waals surface area contributed by atoms with Gasteiger partial charge in [0.05, 0.1) is 6.61 Å². The number of carbonyl (C=O) groups is 1. The Labute approximate surface area is 138 Å². The number of hydrogen-bond donors (Lipinski definition) is 2. The number of ether oxygens (including phenoxy) is 1. The van der Waals surface area contributed by atoms with Gasteiger partial charge in [0.1, 0.15) is 5.75 Å². The highest BCUT2D eigenvalue weighted by molar-refractivity contribution is 5.74. The first-order chi connectivity index (χ1) is 11.1. The average molecular weight is 320 g/mol. The van der Waals surface area contributed by atoms with Crippen LogP contribution in [0.1, 0.15) is 30.4 Å².